The lowest BCUT2D eigenvalue weighted by Crippen LogP contribution is -2.15. The molecular weight excluding hydrogens is 499 g/mol. The number of nitrogens with one attached hydrogen (secondary N) is 2. The molecule has 0 unspecified atom stereocenters. The Morgan fingerprint density at radius 2 is 1.92 bits per heavy atom. The van der Waals surface area contributed by atoms with Crippen LogP contribution in [0.4, 0.5) is 19.0 Å². The van der Waals surface area contributed by atoms with Crippen LogP contribution < -0.4 is 10.1 Å². The Balaban J connectivity index is 1.48. The normalized spacial score (nSPS) is 14.4. The van der Waals surface area contributed by atoms with Crippen molar-refractivity contribution >= 4 is 11.7 Å². The molecule has 1 fully saturated rings. The Hall–Kier alpha value is -3.47. The predicted octanol–water partition coefficient (Wildman–Crippen LogP) is 5.80. The zero-order valence-electron chi connectivity index (χ0n) is 21.1. The van der Waals surface area contributed by atoms with Crippen molar-refractivity contribution in [2.24, 2.45) is 5.92 Å². The first kappa shape index (κ1) is 27.6. The van der Waals surface area contributed by atoms with Gasteiger partial charge in [0, 0.05) is 19.2 Å². The van der Waals surface area contributed by atoms with Crippen molar-refractivity contribution in [1.82, 2.24) is 20.2 Å². The molecule has 8 nitrogen and oxygen atoms in total. The van der Waals surface area contributed by atoms with Crippen LogP contribution in [0.5, 0.6) is 5.75 Å². The lowest BCUT2D eigenvalue weighted by atomic mass is 9.87. The number of amides is 1. The fourth-order valence-corrected chi connectivity index (χ4v) is 4.67. The van der Waals surface area contributed by atoms with Gasteiger partial charge in [-0.15, -0.1) is 5.10 Å². The van der Waals surface area contributed by atoms with Crippen LogP contribution >= 0.6 is 0 Å². The molecule has 1 aliphatic rings. The maximum absolute atomic E-state index is 13.8. The maximum atomic E-state index is 13.8. The highest BCUT2D eigenvalue weighted by atomic mass is 19.4. The van der Waals surface area contributed by atoms with Crippen LogP contribution in [0.25, 0.3) is 11.1 Å². The second-order valence-corrected chi connectivity index (χ2v) is 9.54. The molecule has 3 aromatic rings. The number of halogens is 3. The molecule has 1 aromatic carbocycles. The van der Waals surface area contributed by atoms with Crippen molar-refractivity contribution in [3.05, 3.63) is 53.7 Å². The molecule has 0 bridgehead atoms. The highest BCUT2D eigenvalue weighted by Gasteiger charge is 2.34. The van der Waals surface area contributed by atoms with Gasteiger partial charge < -0.3 is 15.2 Å². The number of hydrogen-bond donors (Lipinski definition) is 3. The van der Waals surface area contributed by atoms with Gasteiger partial charge in [0.25, 0.3) is 5.91 Å². The van der Waals surface area contributed by atoms with Gasteiger partial charge >= 0.3 is 6.18 Å². The molecule has 1 saturated carbocycles. The maximum Gasteiger partial charge on any atom is 0.417 e. The fourth-order valence-electron chi connectivity index (χ4n) is 4.67. The number of alkyl halides is 3. The van der Waals surface area contributed by atoms with Crippen LogP contribution in [0.2, 0.25) is 0 Å². The number of aromatic amines is 1. The van der Waals surface area contributed by atoms with Crippen molar-refractivity contribution in [3.63, 3.8) is 0 Å². The Labute approximate surface area is 219 Å². The average molecular weight is 532 g/mol. The van der Waals surface area contributed by atoms with Gasteiger partial charge in [0.15, 0.2) is 0 Å². The van der Waals surface area contributed by atoms with Crippen LogP contribution in [0.3, 0.4) is 0 Å². The van der Waals surface area contributed by atoms with Crippen molar-refractivity contribution in [2.75, 3.05) is 18.5 Å². The average Bonchev–Trinajstić information content (AvgIpc) is 3.37. The Morgan fingerprint density at radius 1 is 1.11 bits per heavy atom. The largest absolute Gasteiger partial charge is 0.494 e. The lowest BCUT2D eigenvalue weighted by Gasteiger charge is -2.19. The third-order valence-electron chi connectivity index (χ3n) is 6.62. The summed E-state index contributed by atoms with van der Waals surface area (Å²) in [5.41, 5.74) is -0.688. The topological polar surface area (TPSA) is 113 Å². The molecule has 204 valence electrons. The number of nitrogens with zero attached hydrogens (tertiary/aromatic N) is 3. The number of aromatic nitrogens is 4. The van der Waals surface area contributed by atoms with Gasteiger partial charge in [0.1, 0.15) is 17.4 Å². The minimum atomic E-state index is -4.59. The van der Waals surface area contributed by atoms with E-state index in [0.29, 0.717) is 36.9 Å². The molecule has 2 aromatic heterocycles. The summed E-state index contributed by atoms with van der Waals surface area (Å²) in [7, 11) is 0. The number of hydrogen-bond acceptors (Lipinski definition) is 6. The fraction of sp³-hybridized carbons (Fsp3) is 0.481. The van der Waals surface area contributed by atoms with Crippen LogP contribution in [0.1, 0.15) is 73.4 Å². The minimum absolute atomic E-state index is 0.0458. The van der Waals surface area contributed by atoms with E-state index in [-0.39, 0.29) is 29.4 Å². The third-order valence-corrected chi connectivity index (χ3v) is 6.62. The van der Waals surface area contributed by atoms with Crippen LogP contribution in [0.15, 0.2) is 36.5 Å². The highest BCUT2D eigenvalue weighted by molar-refractivity contribution is 6.01. The lowest BCUT2D eigenvalue weighted by molar-refractivity contribution is -0.137. The smallest absolute Gasteiger partial charge is 0.417 e. The van der Waals surface area contributed by atoms with Gasteiger partial charge in [-0.25, -0.2) is 9.97 Å². The van der Waals surface area contributed by atoms with E-state index in [2.05, 4.69) is 25.5 Å². The molecule has 1 aliphatic carbocycles. The monoisotopic (exact) mass is 531 g/mol. The molecule has 0 atom stereocenters. The summed E-state index contributed by atoms with van der Waals surface area (Å²) in [6.07, 6.45) is 5.46. The van der Waals surface area contributed by atoms with E-state index >= 15 is 0 Å². The molecule has 4 rings (SSSR count). The van der Waals surface area contributed by atoms with Gasteiger partial charge in [-0.1, -0.05) is 32.1 Å². The van der Waals surface area contributed by atoms with Gasteiger partial charge in [0.05, 0.1) is 12.2 Å². The standard InChI is InChI=1S/C27H32F3N5O3/c28-27(29,30)22-10-9-20(38-14-6-2-5-13-36)17-21(22)19-11-12-31-23(16-19)33-26(37)25-32-24(34-35-25)15-18-7-3-1-4-8-18/h9-12,16-18,36H,1-8,13-15H2,(H,31,33,37)(H,32,34,35). The second-order valence-electron chi connectivity index (χ2n) is 9.54. The summed E-state index contributed by atoms with van der Waals surface area (Å²) >= 11 is 0. The number of carbonyl (C=O) groups is 1. The first-order valence-electron chi connectivity index (χ1n) is 13.0. The number of rotatable bonds is 11. The molecule has 1 amide bonds. The second kappa shape index (κ2) is 12.9. The van der Waals surface area contributed by atoms with E-state index in [1.54, 1.807) is 0 Å². The number of carbonyl (C=O) groups excluding carboxylic acids is 1. The molecule has 3 N–H and O–H groups in total. The van der Waals surface area contributed by atoms with E-state index in [9.17, 15) is 18.0 Å². The Morgan fingerprint density at radius 3 is 2.68 bits per heavy atom. The zero-order chi connectivity index (χ0) is 27.0. The number of anilines is 1. The SMILES string of the molecule is O=C(Nc1cc(-c2cc(OCCCCCO)ccc2C(F)(F)F)ccn1)c1n[nH]c(CC2CCCCC2)n1. The summed E-state index contributed by atoms with van der Waals surface area (Å²) in [6, 6.07) is 6.43. The summed E-state index contributed by atoms with van der Waals surface area (Å²) in [5, 5.41) is 18.3. The van der Waals surface area contributed by atoms with Crippen LogP contribution in [0, 0.1) is 5.92 Å². The molecule has 11 heteroatoms. The first-order chi connectivity index (χ1) is 18.3. The number of aliphatic hydroxyl groups excluding tert-OH is 1. The van der Waals surface area contributed by atoms with Crippen molar-refractivity contribution in [1.29, 1.82) is 0 Å². The van der Waals surface area contributed by atoms with E-state index in [0.717, 1.165) is 31.7 Å². The molecule has 0 spiro atoms. The Bertz CT molecular complexity index is 1210. The van der Waals surface area contributed by atoms with E-state index < -0.39 is 17.6 Å². The zero-order valence-corrected chi connectivity index (χ0v) is 21.1. The van der Waals surface area contributed by atoms with E-state index in [4.69, 9.17) is 9.84 Å². The van der Waals surface area contributed by atoms with Gasteiger partial charge in [0.2, 0.25) is 5.82 Å². The number of unbranched alkanes of at least 4 members (excludes halogenated alkanes) is 2. The van der Waals surface area contributed by atoms with Crippen LogP contribution in [-0.4, -0.2) is 44.4 Å². The van der Waals surface area contributed by atoms with Crippen LogP contribution in [-0.2, 0) is 12.6 Å². The van der Waals surface area contributed by atoms with Gasteiger partial charge in [-0.05, 0) is 66.6 Å². The predicted molar refractivity (Wildman–Crippen MR) is 136 cm³/mol. The van der Waals surface area contributed by atoms with Crippen molar-refractivity contribution in [3.8, 4) is 16.9 Å². The molecule has 38 heavy (non-hydrogen) atoms. The summed E-state index contributed by atoms with van der Waals surface area (Å²) in [6.45, 7) is 0.408. The number of pyridine rings is 1. The molecular formula is C27H32F3N5O3. The van der Waals surface area contributed by atoms with Crippen molar-refractivity contribution in [2.45, 2.75) is 64.0 Å². The minimum Gasteiger partial charge on any atom is -0.494 e. The number of aliphatic hydroxyl groups is 1. The summed E-state index contributed by atoms with van der Waals surface area (Å²) in [5.74, 6) is 0.897. The highest BCUT2D eigenvalue weighted by Crippen LogP contribution is 2.39. The van der Waals surface area contributed by atoms with Gasteiger partial charge in [-0.2, -0.15) is 13.2 Å². The van der Waals surface area contributed by atoms with Crippen molar-refractivity contribution < 1.29 is 27.8 Å². The Kier molecular flexibility index (Phi) is 9.33. The van der Waals surface area contributed by atoms with E-state index in [1.165, 1.54) is 49.7 Å². The molecule has 2 heterocycles. The summed E-state index contributed by atoms with van der Waals surface area (Å²) < 4.78 is 47.0. The first-order valence-corrected chi connectivity index (χ1v) is 13.0. The number of H-pyrrole nitrogens is 1. The number of benzene rings is 1. The molecule has 0 radical (unpaired) electrons. The van der Waals surface area contributed by atoms with Gasteiger partial charge in [-0.3, -0.25) is 9.89 Å². The molecule has 0 saturated heterocycles. The number of ether oxygens (including phenoxy) is 1. The third kappa shape index (κ3) is 7.53. The summed E-state index contributed by atoms with van der Waals surface area (Å²) in [4.78, 5) is 21.1. The van der Waals surface area contributed by atoms with E-state index in [1.807, 2.05) is 0 Å². The quantitative estimate of drug-likeness (QED) is 0.270. The molecule has 0 aliphatic heterocycles.